The Morgan fingerprint density at radius 2 is 1.33 bits per heavy atom. The molecule has 0 aliphatic carbocycles. The standard InChI is InChI=1S/C6H8N2.H2O3S/c7-5-3-1-2-4-6(5)8;1-4(2)3/h1-4H,7-8H2;(H2,1,2,3). The van der Waals surface area contributed by atoms with Crippen LogP contribution in [0.5, 0.6) is 0 Å². The van der Waals surface area contributed by atoms with Crippen LogP contribution in [0, 0.1) is 0 Å². The molecule has 0 spiro atoms. The van der Waals surface area contributed by atoms with Crippen molar-refractivity contribution in [1.82, 2.24) is 0 Å². The van der Waals surface area contributed by atoms with Crippen LogP contribution in [0.4, 0.5) is 11.4 Å². The van der Waals surface area contributed by atoms with Crippen LogP contribution >= 0.6 is 0 Å². The largest absolute Gasteiger partial charge is 0.397 e. The number of para-hydroxylation sites is 2. The first-order valence-corrected chi connectivity index (χ1v) is 4.00. The molecule has 6 heteroatoms. The number of benzene rings is 1. The number of nitrogen functional groups attached to an aromatic ring is 2. The Morgan fingerprint density at radius 3 is 1.50 bits per heavy atom. The van der Waals surface area contributed by atoms with Crippen LogP contribution in [0.3, 0.4) is 0 Å². The van der Waals surface area contributed by atoms with E-state index in [1.807, 2.05) is 12.1 Å². The lowest BCUT2D eigenvalue weighted by Crippen LogP contribution is -1.91. The van der Waals surface area contributed by atoms with Gasteiger partial charge in [0.1, 0.15) is 0 Å². The van der Waals surface area contributed by atoms with E-state index in [9.17, 15) is 0 Å². The van der Waals surface area contributed by atoms with Gasteiger partial charge in [-0.1, -0.05) is 12.1 Å². The summed E-state index contributed by atoms with van der Waals surface area (Å²) in [7, 11) is 0. The summed E-state index contributed by atoms with van der Waals surface area (Å²) in [5.41, 5.74) is 12.1. The Balaban J connectivity index is 0.000000261. The summed E-state index contributed by atoms with van der Waals surface area (Å²) in [6, 6.07) is 7.25. The first kappa shape index (κ1) is 10.9. The molecular weight excluding hydrogens is 180 g/mol. The Kier molecular flexibility index (Phi) is 5.02. The first-order chi connectivity index (χ1) is 5.54. The smallest absolute Gasteiger partial charge is 0.299 e. The van der Waals surface area contributed by atoms with Crippen molar-refractivity contribution in [3.05, 3.63) is 24.3 Å². The normalized spacial score (nSPS) is 8.92. The predicted octanol–water partition coefficient (Wildman–Crippen LogP) is 0.532. The van der Waals surface area contributed by atoms with Gasteiger partial charge in [0.25, 0.3) is 11.4 Å². The Morgan fingerprint density at radius 1 is 1.08 bits per heavy atom. The molecule has 0 fully saturated rings. The van der Waals surface area contributed by atoms with Gasteiger partial charge < -0.3 is 11.5 Å². The monoisotopic (exact) mass is 190 g/mol. The summed E-state index contributed by atoms with van der Waals surface area (Å²) in [4.78, 5) is 0. The summed E-state index contributed by atoms with van der Waals surface area (Å²) in [5, 5.41) is 0. The Labute approximate surface area is 72.5 Å². The number of rotatable bonds is 0. The lowest BCUT2D eigenvalue weighted by atomic mass is 10.3. The van der Waals surface area contributed by atoms with Crippen molar-refractivity contribution in [2.75, 3.05) is 11.5 Å². The fourth-order valence-electron chi connectivity index (χ4n) is 0.511. The van der Waals surface area contributed by atoms with Crippen LogP contribution in [0.15, 0.2) is 24.3 Å². The maximum Gasteiger partial charge on any atom is 0.299 e. The third kappa shape index (κ3) is 5.66. The molecule has 0 saturated carbocycles. The summed E-state index contributed by atoms with van der Waals surface area (Å²) in [5.74, 6) is 0. The van der Waals surface area contributed by atoms with Crippen LogP contribution in [0.25, 0.3) is 0 Å². The molecule has 0 bridgehead atoms. The fourth-order valence-corrected chi connectivity index (χ4v) is 0.511. The van der Waals surface area contributed by atoms with Crippen molar-refractivity contribution >= 4 is 22.7 Å². The average Bonchev–Trinajstić information content (AvgIpc) is 1.94. The minimum absolute atomic E-state index is 0.646. The highest BCUT2D eigenvalue weighted by atomic mass is 32.2. The summed E-state index contributed by atoms with van der Waals surface area (Å²) in [6.07, 6.45) is 0. The molecule has 0 aliphatic rings. The Bertz CT molecular complexity index is 242. The molecule has 6 N–H and O–H groups in total. The number of hydrogen-bond acceptors (Lipinski definition) is 3. The van der Waals surface area contributed by atoms with Gasteiger partial charge >= 0.3 is 0 Å². The van der Waals surface area contributed by atoms with Gasteiger partial charge in [0.2, 0.25) is 0 Å². The Hall–Kier alpha value is -1.11. The van der Waals surface area contributed by atoms with Gasteiger partial charge in [0, 0.05) is 0 Å². The van der Waals surface area contributed by atoms with E-state index in [1.54, 1.807) is 12.1 Å². The lowest BCUT2D eigenvalue weighted by molar-refractivity contribution is 0.454. The minimum atomic E-state index is -2.61. The van der Waals surface area contributed by atoms with Crippen LogP contribution in [0.2, 0.25) is 0 Å². The molecular formula is C6H10N2O3S. The van der Waals surface area contributed by atoms with Gasteiger partial charge in [-0.2, -0.15) is 4.21 Å². The van der Waals surface area contributed by atoms with Crippen LogP contribution in [-0.2, 0) is 11.4 Å². The molecule has 1 aromatic carbocycles. The zero-order valence-electron chi connectivity index (χ0n) is 6.18. The molecule has 0 amide bonds. The average molecular weight is 190 g/mol. The van der Waals surface area contributed by atoms with Gasteiger partial charge in [-0.3, -0.25) is 9.11 Å². The molecule has 5 nitrogen and oxygen atoms in total. The van der Waals surface area contributed by atoms with Gasteiger partial charge in [0.15, 0.2) is 0 Å². The molecule has 0 aromatic heterocycles. The van der Waals surface area contributed by atoms with Gasteiger partial charge in [-0.25, -0.2) is 0 Å². The molecule has 0 saturated heterocycles. The quantitative estimate of drug-likeness (QED) is 0.352. The maximum atomic E-state index is 8.67. The third-order valence-corrected chi connectivity index (χ3v) is 0.996. The zero-order valence-corrected chi connectivity index (χ0v) is 6.99. The highest BCUT2D eigenvalue weighted by Gasteiger charge is 1.85. The fraction of sp³-hybridized carbons (Fsp3) is 0. The van der Waals surface area contributed by atoms with Crippen LogP contribution in [0.1, 0.15) is 0 Å². The highest BCUT2D eigenvalue weighted by molar-refractivity contribution is 7.73. The molecule has 0 unspecified atom stereocenters. The molecule has 0 aliphatic heterocycles. The highest BCUT2D eigenvalue weighted by Crippen LogP contribution is 2.10. The number of nitrogens with two attached hydrogens (primary N) is 2. The molecule has 0 radical (unpaired) electrons. The molecule has 68 valence electrons. The summed E-state index contributed by atoms with van der Waals surface area (Å²) < 4.78 is 22.8. The predicted molar refractivity (Wildman–Crippen MR) is 48.7 cm³/mol. The summed E-state index contributed by atoms with van der Waals surface area (Å²) in [6.45, 7) is 0. The second kappa shape index (κ2) is 5.53. The summed E-state index contributed by atoms with van der Waals surface area (Å²) >= 11 is -2.61. The van der Waals surface area contributed by atoms with Crippen molar-refractivity contribution in [3.8, 4) is 0 Å². The molecule has 1 rings (SSSR count). The van der Waals surface area contributed by atoms with Crippen molar-refractivity contribution in [2.24, 2.45) is 0 Å². The van der Waals surface area contributed by atoms with Gasteiger partial charge in [-0.05, 0) is 12.1 Å². The van der Waals surface area contributed by atoms with E-state index < -0.39 is 11.4 Å². The van der Waals surface area contributed by atoms with Crippen LogP contribution < -0.4 is 11.5 Å². The first-order valence-electron chi connectivity index (χ1n) is 2.94. The van der Waals surface area contributed by atoms with Gasteiger partial charge in [0.05, 0.1) is 11.4 Å². The van der Waals surface area contributed by atoms with E-state index in [1.165, 1.54) is 0 Å². The van der Waals surface area contributed by atoms with E-state index in [-0.39, 0.29) is 0 Å². The number of hydrogen-bond donors (Lipinski definition) is 4. The van der Waals surface area contributed by atoms with Crippen molar-refractivity contribution < 1.29 is 13.3 Å². The zero-order chi connectivity index (χ0) is 9.56. The SMILES string of the molecule is Nc1ccccc1N.O=S(O)O. The van der Waals surface area contributed by atoms with Crippen LogP contribution in [-0.4, -0.2) is 13.3 Å². The van der Waals surface area contributed by atoms with E-state index in [2.05, 4.69) is 0 Å². The lowest BCUT2D eigenvalue weighted by Gasteiger charge is -1.94. The maximum absolute atomic E-state index is 8.67. The minimum Gasteiger partial charge on any atom is -0.397 e. The van der Waals surface area contributed by atoms with E-state index in [4.69, 9.17) is 24.8 Å². The van der Waals surface area contributed by atoms with Crippen molar-refractivity contribution in [2.45, 2.75) is 0 Å². The van der Waals surface area contributed by atoms with E-state index >= 15 is 0 Å². The van der Waals surface area contributed by atoms with Crippen molar-refractivity contribution in [1.29, 1.82) is 0 Å². The molecule has 1 aromatic rings. The van der Waals surface area contributed by atoms with Gasteiger partial charge in [-0.15, -0.1) is 0 Å². The van der Waals surface area contributed by atoms with Crippen molar-refractivity contribution in [3.63, 3.8) is 0 Å². The second-order valence-electron chi connectivity index (χ2n) is 1.86. The van der Waals surface area contributed by atoms with E-state index in [0.29, 0.717) is 11.4 Å². The van der Waals surface area contributed by atoms with E-state index in [0.717, 1.165) is 0 Å². The second-order valence-corrected chi connectivity index (χ2v) is 2.32. The topological polar surface area (TPSA) is 110 Å². The molecule has 0 atom stereocenters. The molecule has 12 heavy (non-hydrogen) atoms. The molecule has 0 heterocycles. The third-order valence-electron chi connectivity index (χ3n) is 0.996. The number of anilines is 2.